The van der Waals surface area contributed by atoms with Gasteiger partial charge in [-0.15, -0.1) is 0 Å². The van der Waals surface area contributed by atoms with E-state index in [9.17, 15) is 19.3 Å². The van der Waals surface area contributed by atoms with E-state index in [1.54, 1.807) is 6.92 Å². The van der Waals surface area contributed by atoms with Gasteiger partial charge < -0.3 is 4.90 Å². The van der Waals surface area contributed by atoms with Crippen LogP contribution < -0.4 is 0 Å². The lowest BCUT2D eigenvalue weighted by molar-refractivity contribution is -0.385. The van der Waals surface area contributed by atoms with Crippen molar-refractivity contribution in [3.8, 4) is 0 Å². The Balaban J connectivity index is 3.02. The maximum absolute atomic E-state index is 13.6. The zero-order chi connectivity index (χ0) is 13.7. The highest BCUT2D eigenvalue weighted by molar-refractivity contribution is 9.09. The topological polar surface area (TPSA) is 63.5 Å². The van der Waals surface area contributed by atoms with Crippen LogP contribution in [0.5, 0.6) is 0 Å². The van der Waals surface area contributed by atoms with E-state index in [0.717, 1.165) is 18.2 Å². The van der Waals surface area contributed by atoms with Gasteiger partial charge in [0.1, 0.15) is 5.82 Å². The third-order valence-corrected chi connectivity index (χ3v) is 2.77. The molecule has 0 saturated heterocycles. The van der Waals surface area contributed by atoms with Crippen LogP contribution in [0, 0.1) is 15.9 Å². The molecule has 7 heteroatoms. The number of alkyl halides is 1. The molecule has 5 nitrogen and oxygen atoms in total. The molecule has 1 amide bonds. The van der Waals surface area contributed by atoms with E-state index in [0.29, 0.717) is 18.4 Å². The molecule has 0 aliphatic carbocycles. The normalized spacial score (nSPS) is 10.2. The minimum atomic E-state index is -0.873. The van der Waals surface area contributed by atoms with Gasteiger partial charge in [0, 0.05) is 24.5 Å². The van der Waals surface area contributed by atoms with E-state index in [4.69, 9.17) is 0 Å². The van der Waals surface area contributed by atoms with Crippen LogP contribution >= 0.6 is 15.9 Å². The maximum Gasteiger partial charge on any atom is 0.272 e. The Morgan fingerprint density at radius 3 is 2.67 bits per heavy atom. The summed E-state index contributed by atoms with van der Waals surface area (Å²) < 4.78 is 13.6. The standard InChI is InChI=1S/C11H12BrFN2O3/c1-2-14(6-5-12)11(16)9-4-3-8(15(17)18)7-10(9)13/h3-4,7H,2,5-6H2,1H3. The number of hydrogen-bond acceptors (Lipinski definition) is 3. The average molecular weight is 319 g/mol. The number of nitro groups is 1. The number of halogens is 2. The van der Waals surface area contributed by atoms with E-state index in [1.165, 1.54) is 4.90 Å². The van der Waals surface area contributed by atoms with Gasteiger partial charge >= 0.3 is 0 Å². The molecule has 0 unspecified atom stereocenters. The third-order valence-electron chi connectivity index (χ3n) is 2.42. The first kappa shape index (κ1) is 14.6. The highest BCUT2D eigenvalue weighted by Gasteiger charge is 2.20. The van der Waals surface area contributed by atoms with E-state index >= 15 is 0 Å². The minimum absolute atomic E-state index is 0.150. The Kier molecular flexibility index (Phi) is 5.21. The smallest absolute Gasteiger partial charge is 0.272 e. The second-order valence-corrected chi connectivity index (χ2v) is 4.29. The molecule has 98 valence electrons. The summed E-state index contributed by atoms with van der Waals surface area (Å²) in [6.07, 6.45) is 0. The quantitative estimate of drug-likeness (QED) is 0.476. The van der Waals surface area contributed by atoms with Gasteiger partial charge in [0.05, 0.1) is 16.6 Å². The van der Waals surface area contributed by atoms with Crippen molar-refractivity contribution in [2.24, 2.45) is 0 Å². The fourth-order valence-corrected chi connectivity index (χ4v) is 1.89. The summed E-state index contributed by atoms with van der Waals surface area (Å²) in [5, 5.41) is 11.0. The summed E-state index contributed by atoms with van der Waals surface area (Å²) in [5.41, 5.74) is -0.518. The van der Waals surface area contributed by atoms with Gasteiger partial charge in [-0.05, 0) is 13.0 Å². The van der Waals surface area contributed by atoms with Crippen molar-refractivity contribution in [2.45, 2.75) is 6.92 Å². The van der Waals surface area contributed by atoms with Crippen molar-refractivity contribution < 1.29 is 14.1 Å². The lowest BCUT2D eigenvalue weighted by Crippen LogP contribution is -2.33. The van der Waals surface area contributed by atoms with Crippen molar-refractivity contribution >= 4 is 27.5 Å². The summed E-state index contributed by atoms with van der Waals surface area (Å²) in [6, 6.07) is 3.03. The largest absolute Gasteiger partial charge is 0.338 e. The molecule has 0 aliphatic heterocycles. The molecular weight excluding hydrogens is 307 g/mol. The van der Waals surface area contributed by atoms with Crippen molar-refractivity contribution in [1.82, 2.24) is 4.90 Å². The first-order valence-corrected chi connectivity index (χ1v) is 6.42. The molecule has 0 heterocycles. The van der Waals surface area contributed by atoms with Crippen LogP contribution in [0.15, 0.2) is 18.2 Å². The van der Waals surface area contributed by atoms with E-state index in [2.05, 4.69) is 15.9 Å². The first-order valence-electron chi connectivity index (χ1n) is 5.30. The Morgan fingerprint density at radius 2 is 2.22 bits per heavy atom. The molecule has 0 fully saturated rings. The van der Waals surface area contributed by atoms with Crippen LogP contribution in [0.25, 0.3) is 0 Å². The van der Waals surface area contributed by atoms with Gasteiger partial charge in [0.2, 0.25) is 0 Å². The van der Waals surface area contributed by atoms with Crippen molar-refractivity contribution in [1.29, 1.82) is 0 Å². The summed E-state index contributed by atoms with van der Waals surface area (Å²) in [6.45, 7) is 2.68. The van der Waals surface area contributed by atoms with Gasteiger partial charge in [0.15, 0.2) is 0 Å². The van der Waals surface area contributed by atoms with Crippen molar-refractivity contribution in [3.63, 3.8) is 0 Å². The van der Waals surface area contributed by atoms with Gasteiger partial charge in [0.25, 0.3) is 11.6 Å². The molecule has 1 aromatic rings. The highest BCUT2D eigenvalue weighted by atomic mass is 79.9. The van der Waals surface area contributed by atoms with Crippen LogP contribution in [0.3, 0.4) is 0 Å². The molecule has 0 saturated carbocycles. The minimum Gasteiger partial charge on any atom is -0.338 e. The molecule has 1 rings (SSSR count). The van der Waals surface area contributed by atoms with Crippen molar-refractivity contribution in [2.75, 3.05) is 18.4 Å². The van der Waals surface area contributed by atoms with E-state index in [-0.39, 0.29) is 11.3 Å². The fraction of sp³-hybridized carbons (Fsp3) is 0.364. The zero-order valence-electron chi connectivity index (χ0n) is 9.73. The van der Waals surface area contributed by atoms with Gasteiger partial charge in [-0.25, -0.2) is 4.39 Å². The second kappa shape index (κ2) is 6.44. The van der Waals surface area contributed by atoms with E-state index in [1.807, 2.05) is 0 Å². The van der Waals surface area contributed by atoms with Crippen LogP contribution in [0.2, 0.25) is 0 Å². The predicted molar refractivity (Wildman–Crippen MR) is 68.4 cm³/mol. The summed E-state index contributed by atoms with van der Waals surface area (Å²) in [4.78, 5) is 23.2. The second-order valence-electron chi connectivity index (χ2n) is 3.50. The summed E-state index contributed by atoms with van der Waals surface area (Å²) >= 11 is 3.20. The number of amides is 1. The lowest BCUT2D eigenvalue weighted by atomic mass is 10.1. The Morgan fingerprint density at radius 1 is 1.56 bits per heavy atom. The molecule has 0 spiro atoms. The Bertz CT molecular complexity index is 468. The molecule has 0 aliphatic rings. The van der Waals surface area contributed by atoms with Crippen LogP contribution in [0.1, 0.15) is 17.3 Å². The fourth-order valence-electron chi connectivity index (χ4n) is 1.47. The molecule has 0 atom stereocenters. The molecule has 0 radical (unpaired) electrons. The summed E-state index contributed by atoms with van der Waals surface area (Å²) in [7, 11) is 0. The number of non-ortho nitro benzene ring substituents is 1. The Labute approximate surface area is 112 Å². The lowest BCUT2D eigenvalue weighted by Gasteiger charge is -2.19. The first-order chi connectivity index (χ1) is 8.51. The van der Waals surface area contributed by atoms with Crippen LogP contribution in [-0.4, -0.2) is 34.2 Å². The molecule has 0 aromatic heterocycles. The van der Waals surface area contributed by atoms with Crippen LogP contribution in [-0.2, 0) is 0 Å². The molecule has 0 N–H and O–H groups in total. The van der Waals surface area contributed by atoms with E-state index < -0.39 is 16.6 Å². The number of carbonyl (C=O) groups excluding carboxylic acids is 1. The average Bonchev–Trinajstić information content (AvgIpc) is 2.34. The number of hydrogen-bond donors (Lipinski definition) is 0. The molecular formula is C11H12BrFN2O3. The highest BCUT2D eigenvalue weighted by Crippen LogP contribution is 2.18. The van der Waals surface area contributed by atoms with Gasteiger partial charge in [-0.1, -0.05) is 15.9 Å². The number of nitro benzene ring substituents is 1. The van der Waals surface area contributed by atoms with Gasteiger partial charge in [-0.2, -0.15) is 0 Å². The molecule has 1 aromatic carbocycles. The maximum atomic E-state index is 13.6. The zero-order valence-corrected chi connectivity index (χ0v) is 11.3. The van der Waals surface area contributed by atoms with Crippen LogP contribution in [0.4, 0.5) is 10.1 Å². The number of nitrogens with zero attached hydrogens (tertiary/aromatic N) is 2. The molecule has 0 bridgehead atoms. The Hall–Kier alpha value is -1.50. The van der Waals surface area contributed by atoms with Crippen molar-refractivity contribution in [3.05, 3.63) is 39.7 Å². The number of rotatable bonds is 5. The summed E-state index contributed by atoms with van der Waals surface area (Å²) in [5.74, 6) is -1.34. The molecule has 18 heavy (non-hydrogen) atoms. The number of carbonyl (C=O) groups is 1. The monoisotopic (exact) mass is 318 g/mol. The SMILES string of the molecule is CCN(CCBr)C(=O)c1ccc([N+](=O)[O-])cc1F. The number of benzene rings is 1. The van der Waals surface area contributed by atoms with Gasteiger partial charge in [-0.3, -0.25) is 14.9 Å². The predicted octanol–water partition coefficient (Wildman–Crippen LogP) is 2.59. The third kappa shape index (κ3) is 3.25.